The first-order chi connectivity index (χ1) is 7.86. The van der Waals surface area contributed by atoms with Crippen LogP contribution in [-0.4, -0.2) is 16.2 Å². The molecule has 2 aromatic rings. The highest BCUT2D eigenvalue weighted by molar-refractivity contribution is 5.82. The normalized spacial score (nSPS) is 17.4. The molecule has 3 rings (SSSR count). The summed E-state index contributed by atoms with van der Waals surface area (Å²) in [5.41, 5.74) is 1.58. The van der Waals surface area contributed by atoms with Crippen molar-refractivity contribution in [2.45, 2.75) is 5.92 Å². The Kier molecular flexibility index (Phi) is 1.93. The molecule has 1 aliphatic heterocycles. The highest BCUT2D eigenvalue weighted by Gasteiger charge is 2.24. The molecule has 0 radical (unpaired) electrons. The van der Waals surface area contributed by atoms with Crippen molar-refractivity contribution in [3.05, 3.63) is 58.1 Å². The molecular weight excluding hydrogens is 202 g/mol. The summed E-state index contributed by atoms with van der Waals surface area (Å²) in [6.45, 7) is 0. The lowest BCUT2D eigenvalue weighted by Crippen LogP contribution is -2.15. The number of aromatic nitrogens is 2. The Morgan fingerprint density at radius 2 is 2.00 bits per heavy atom. The number of nitrogens with one attached hydrogen (secondary N) is 1. The lowest BCUT2D eigenvalue weighted by molar-refractivity contribution is 1.02. The summed E-state index contributed by atoms with van der Waals surface area (Å²) in [5.74, 6) is 0.450. The van der Waals surface area contributed by atoms with E-state index in [-0.39, 0.29) is 11.5 Å². The smallest absolute Gasteiger partial charge is 0.257 e. The van der Waals surface area contributed by atoms with Crippen molar-refractivity contribution in [3.8, 4) is 0 Å². The Morgan fingerprint density at radius 3 is 2.81 bits per heavy atom. The summed E-state index contributed by atoms with van der Waals surface area (Å²) in [4.78, 5) is 22.5. The highest BCUT2D eigenvalue weighted by atomic mass is 16.1. The largest absolute Gasteiger partial charge is 0.313 e. The van der Waals surface area contributed by atoms with Gasteiger partial charge in [-0.1, -0.05) is 30.3 Å². The second kappa shape index (κ2) is 3.41. The molecule has 16 heavy (non-hydrogen) atoms. The summed E-state index contributed by atoms with van der Waals surface area (Å²) >= 11 is 0. The van der Waals surface area contributed by atoms with E-state index in [2.05, 4.69) is 15.0 Å². The van der Waals surface area contributed by atoms with Crippen LogP contribution in [0, 0.1) is 0 Å². The molecule has 78 valence electrons. The van der Waals surface area contributed by atoms with Crippen LogP contribution in [0.25, 0.3) is 0 Å². The van der Waals surface area contributed by atoms with E-state index in [4.69, 9.17) is 0 Å². The van der Waals surface area contributed by atoms with Gasteiger partial charge in [-0.05, 0) is 5.56 Å². The fourth-order valence-electron chi connectivity index (χ4n) is 1.92. The first-order valence-electron chi connectivity index (χ1n) is 5.03. The number of aliphatic imine (C=N–C) groups is 1. The predicted molar refractivity (Wildman–Crippen MR) is 61.3 cm³/mol. The topological polar surface area (TPSA) is 58.1 Å². The summed E-state index contributed by atoms with van der Waals surface area (Å²) in [6, 6.07) is 9.82. The molecule has 4 heteroatoms. The lowest BCUT2D eigenvalue weighted by atomic mass is 9.95. The van der Waals surface area contributed by atoms with Crippen LogP contribution in [0.15, 0.2) is 46.4 Å². The van der Waals surface area contributed by atoms with Gasteiger partial charge in [-0.15, -0.1) is 0 Å². The minimum Gasteiger partial charge on any atom is -0.313 e. The third kappa shape index (κ3) is 1.27. The van der Waals surface area contributed by atoms with Gasteiger partial charge in [0.2, 0.25) is 0 Å². The quantitative estimate of drug-likeness (QED) is 0.779. The van der Waals surface area contributed by atoms with Gasteiger partial charge in [-0.2, -0.15) is 0 Å². The Bertz CT molecular complexity index is 601. The van der Waals surface area contributed by atoms with Crippen LogP contribution >= 0.6 is 0 Å². The number of hydrogen-bond acceptors (Lipinski definition) is 3. The van der Waals surface area contributed by atoms with Crippen LogP contribution in [0.4, 0.5) is 5.82 Å². The van der Waals surface area contributed by atoms with Gasteiger partial charge in [-0.3, -0.25) is 4.79 Å². The average Bonchev–Trinajstić information content (AvgIpc) is 2.75. The van der Waals surface area contributed by atoms with E-state index in [0.29, 0.717) is 11.4 Å². The highest BCUT2D eigenvalue weighted by Crippen LogP contribution is 2.31. The van der Waals surface area contributed by atoms with Gasteiger partial charge in [-0.25, -0.2) is 9.98 Å². The monoisotopic (exact) mass is 211 g/mol. The zero-order chi connectivity index (χ0) is 11.0. The summed E-state index contributed by atoms with van der Waals surface area (Å²) < 4.78 is 0. The first-order valence-corrected chi connectivity index (χ1v) is 5.03. The molecule has 1 aromatic heterocycles. The number of fused-ring (bicyclic) bond motifs is 1. The van der Waals surface area contributed by atoms with E-state index in [0.717, 1.165) is 5.56 Å². The minimum atomic E-state index is -0.114. The molecule has 0 aliphatic carbocycles. The maximum atomic E-state index is 11.7. The molecule has 4 nitrogen and oxygen atoms in total. The molecule has 0 amide bonds. The molecule has 1 unspecified atom stereocenters. The Morgan fingerprint density at radius 1 is 1.19 bits per heavy atom. The molecule has 0 saturated carbocycles. The van der Waals surface area contributed by atoms with Crippen LogP contribution in [0.2, 0.25) is 0 Å². The molecule has 0 bridgehead atoms. The fourth-order valence-corrected chi connectivity index (χ4v) is 1.92. The van der Waals surface area contributed by atoms with E-state index in [9.17, 15) is 4.79 Å². The van der Waals surface area contributed by atoms with Crippen molar-refractivity contribution in [1.29, 1.82) is 0 Å². The van der Waals surface area contributed by atoms with Crippen LogP contribution in [0.3, 0.4) is 0 Å². The van der Waals surface area contributed by atoms with Crippen molar-refractivity contribution in [2.75, 3.05) is 0 Å². The van der Waals surface area contributed by atoms with Crippen LogP contribution in [0.1, 0.15) is 17.0 Å². The molecule has 1 aromatic carbocycles. The molecule has 0 spiro atoms. The zero-order valence-corrected chi connectivity index (χ0v) is 8.42. The van der Waals surface area contributed by atoms with E-state index in [1.807, 2.05) is 30.3 Å². The number of nitrogens with zero attached hydrogens (tertiary/aromatic N) is 2. The van der Waals surface area contributed by atoms with Crippen LogP contribution < -0.4 is 5.56 Å². The average molecular weight is 211 g/mol. The molecule has 1 atom stereocenters. The number of aromatic amines is 1. The molecule has 1 aliphatic rings. The van der Waals surface area contributed by atoms with Crippen LogP contribution in [-0.2, 0) is 0 Å². The summed E-state index contributed by atoms with van der Waals surface area (Å²) in [7, 11) is 0. The Balaban J connectivity index is 2.17. The van der Waals surface area contributed by atoms with Gasteiger partial charge in [0.1, 0.15) is 0 Å². The molecular formula is C12H9N3O. The predicted octanol–water partition coefficient (Wildman–Crippen LogP) is 1.62. The second-order valence-electron chi connectivity index (χ2n) is 3.64. The maximum absolute atomic E-state index is 11.7. The molecule has 0 saturated heterocycles. The van der Waals surface area contributed by atoms with Gasteiger partial charge >= 0.3 is 0 Å². The van der Waals surface area contributed by atoms with E-state index in [1.165, 1.54) is 6.33 Å². The van der Waals surface area contributed by atoms with E-state index < -0.39 is 0 Å². The number of H-pyrrole nitrogens is 1. The standard InChI is InChI=1S/C12H9N3O/c16-12-10-9(8-4-2-1-3-5-8)6-13-11(10)14-7-15-12/h1-7,9H,(H,14,15,16). The molecule has 1 N–H and O–H groups in total. The third-order valence-electron chi connectivity index (χ3n) is 2.68. The SMILES string of the molecule is O=c1[nH]cnc2c1C(c1ccccc1)C=N2. The second-order valence-corrected chi connectivity index (χ2v) is 3.64. The van der Waals surface area contributed by atoms with Gasteiger partial charge in [0, 0.05) is 6.21 Å². The number of rotatable bonds is 1. The van der Waals surface area contributed by atoms with Crippen molar-refractivity contribution in [1.82, 2.24) is 9.97 Å². The van der Waals surface area contributed by atoms with Gasteiger partial charge in [0.25, 0.3) is 5.56 Å². The van der Waals surface area contributed by atoms with Crippen molar-refractivity contribution in [3.63, 3.8) is 0 Å². The third-order valence-corrected chi connectivity index (χ3v) is 2.68. The molecule has 2 heterocycles. The fraction of sp³-hybridized carbons (Fsp3) is 0.0833. The Hall–Kier alpha value is -2.23. The van der Waals surface area contributed by atoms with Crippen molar-refractivity contribution >= 4 is 12.0 Å². The van der Waals surface area contributed by atoms with Gasteiger partial charge < -0.3 is 4.98 Å². The first kappa shape index (κ1) is 9.03. The van der Waals surface area contributed by atoms with Crippen molar-refractivity contribution in [2.24, 2.45) is 4.99 Å². The number of benzene rings is 1. The lowest BCUT2D eigenvalue weighted by Gasteiger charge is -2.07. The zero-order valence-electron chi connectivity index (χ0n) is 8.42. The van der Waals surface area contributed by atoms with Crippen LogP contribution in [0.5, 0.6) is 0 Å². The Labute approximate surface area is 91.7 Å². The molecule has 0 fully saturated rings. The van der Waals surface area contributed by atoms with Gasteiger partial charge in [0.15, 0.2) is 5.82 Å². The minimum absolute atomic E-state index is 0.0753. The number of hydrogen-bond donors (Lipinski definition) is 1. The van der Waals surface area contributed by atoms with E-state index in [1.54, 1.807) is 6.21 Å². The summed E-state index contributed by atoms with van der Waals surface area (Å²) in [6.07, 6.45) is 3.15. The van der Waals surface area contributed by atoms with Crippen molar-refractivity contribution < 1.29 is 0 Å². The van der Waals surface area contributed by atoms with Gasteiger partial charge in [0.05, 0.1) is 17.8 Å². The summed E-state index contributed by atoms with van der Waals surface area (Å²) in [5, 5.41) is 0. The maximum Gasteiger partial charge on any atom is 0.257 e. The van der Waals surface area contributed by atoms with E-state index >= 15 is 0 Å².